The van der Waals surface area contributed by atoms with Gasteiger partial charge in [0.2, 0.25) is 0 Å². The smallest absolute Gasteiger partial charge is 0.0500 e. The number of rotatable bonds is 4. The molecule has 0 saturated carbocycles. The zero-order valence-electron chi connectivity index (χ0n) is 10.4. The molecule has 1 unspecified atom stereocenters. The Balaban J connectivity index is 2.23. The molecule has 0 heterocycles. The van der Waals surface area contributed by atoms with E-state index >= 15 is 0 Å². The highest BCUT2D eigenvalue weighted by Gasteiger charge is 2.11. The van der Waals surface area contributed by atoms with Crippen LogP contribution in [0.1, 0.15) is 22.7 Å². The van der Waals surface area contributed by atoms with Gasteiger partial charge in [-0.2, -0.15) is 0 Å². The van der Waals surface area contributed by atoms with Gasteiger partial charge in [0.25, 0.3) is 0 Å². The number of hydrogen-bond acceptors (Lipinski definition) is 2. The number of nitrogens with one attached hydrogen (secondary N) is 1. The molecule has 0 bridgehead atoms. The van der Waals surface area contributed by atoms with Crippen LogP contribution in [0.5, 0.6) is 0 Å². The summed E-state index contributed by atoms with van der Waals surface area (Å²) in [6.45, 7) is 2.11. The normalized spacial score (nSPS) is 12.4. The Morgan fingerprint density at radius 2 is 1.94 bits per heavy atom. The molecule has 2 aromatic rings. The van der Waals surface area contributed by atoms with Gasteiger partial charge in [0.15, 0.2) is 0 Å². The number of nitrogens with two attached hydrogens (primary N) is 1. The fraction of sp³-hybridized carbons (Fsp3) is 0.200. The van der Waals surface area contributed by atoms with Gasteiger partial charge in [0, 0.05) is 5.02 Å². The van der Waals surface area contributed by atoms with E-state index in [1.165, 1.54) is 11.1 Å². The van der Waals surface area contributed by atoms with Gasteiger partial charge in [0.05, 0.1) is 6.04 Å². The van der Waals surface area contributed by atoms with Crippen LogP contribution in [-0.2, 0) is 6.42 Å². The van der Waals surface area contributed by atoms with Crippen molar-refractivity contribution < 1.29 is 0 Å². The molecular weight excluding hydrogens is 244 g/mol. The highest BCUT2D eigenvalue weighted by atomic mass is 35.5. The second kappa shape index (κ2) is 6.01. The number of halogens is 1. The molecule has 0 aliphatic heterocycles. The largest absolute Gasteiger partial charge is 0.271 e. The molecule has 18 heavy (non-hydrogen) atoms. The molecule has 2 nitrogen and oxygen atoms in total. The molecule has 2 aromatic carbocycles. The standard InChI is InChI=1S/C15H17ClN2/c1-11-5-2-3-6-12(11)10-15(18-17)13-7-4-8-14(16)9-13/h2-9,15,18H,10,17H2,1H3. The molecule has 2 rings (SSSR count). The van der Waals surface area contributed by atoms with Crippen LogP contribution in [0.3, 0.4) is 0 Å². The Bertz CT molecular complexity index is 525. The summed E-state index contributed by atoms with van der Waals surface area (Å²) in [5.41, 5.74) is 6.54. The Hall–Kier alpha value is -1.35. The molecule has 0 aliphatic carbocycles. The minimum absolute atomic E-state index is 0.0739. The van der Waals surface area contributed by atoms with Crippen LogP contribution < -0.4 is 11.3 Å². The summed E-state index contributed by atoms with van der Waals surface area (Å²) in [7, 11) is 0. The maximum Gasteiger partial charge on any atom is 0.0500 e. The predicted octanol–water partition coefficient (Wildman–Crippen LogP) is 3.40. The van der Waals surface area contributed by atoms with E-state index < -0.39 is 0 Å². The summed E-state index contributed by atoms with van der Waals surface area (Å²) in [5.74, 6) is 5.66. The second-order valence-corrected chi connectivity index (χ2v) is 4.84. The average molecular weight is 261 g/mol. The summed E-state index contributed by atoms with van der Waals surface area (Å²) in [4.78, 5) is 0. The lowest BCUT2D eigenvalue weighted by molar-refractivity contribution is 0.551. The van der Waals surface area contributed by atoms with Crippen molar-refractivity contribution in [1.82, 2.24) is 5.43 Å². The first-order valence-electron chi connectivity index (χ1n) is 5.97. The third kappa shape index (κ3) is 3.10. The van der Waals surface area contributed by atoms with E-state index in [-0.39, 0.29) is 6.04 Å². The molecule has 0 fully saturated rings. The summed E-state index contributed by atoms with van der Waals surface area (Å²) < 4.78 is 0. The molecule has 0 amide bonds. The first-order chi connectivity index (χ1) is 8.70. The minimum Gasteiger partial charge on any atom is -0.271 e. The van der Waals surface area contributed by atoms with Crippen molar-refractivity contribution in [3.05, 3.63) is 70.2 Å². The van der Waals surface area contributed by atoms with Gasteiger partial charge in [0.1, 0.15) is 0 Å². The monoisotopic (exact) mass is 260 g/mol. The Morgan fingerprint density at radius 3 is 2.61 bits per heavy atom. The van der Waals surface area contributed by atoms with E-state index in [0.717, 1.165) is 17.0 Å². The average Bonchev–Trinajstić information content (AvgIpc) is 2.38. The van der Waals surface area contributed by atoms with Gasteiger partial charge in [-0.25, -0.2) is 0 Å². The van der Waals surface area contributed by atoms with E-state index in [1.54, 1.807) is 0 Å². The van der Waals surface area contributed by atoms with Crippen molar-refractivity contribution in [3.8, 4) is 0 Å². The van der Waals surface area contributed by atoms with Gasteiger partial charge in [-0.15, -0.1) is 0 Å². The number of benzene rings is 2. The maximum atomic E-state index is 6.01. The molecule has 3 N–H and O–H groups in total. The van der Waals surface area contributed by atoms with E-state index in [9.17, 15) is 0 Å². The Morgan fingerprint density at radius 1 is 1.17 bits per heavy atom. The fourth-order valence-electron chi connectivity index (χ4n) is 2.06. The number of hydrazine groups is 1. The van der Waals surface area contributed by atoms with Crippen LogP contribution in [0, 0.1) is 6.92 Å². The molecule has 0 radical (unpaired) electrons. The Labute approximate surface area is 113 Å². The number of hydrogen-bond donors (Lipinski definition) is 2. The SMILES string of the molecule is Cc1ccccc1CC(NN)c1cccc(Cl)c1. The molecule has 0 aromatic heterocycles. The third-order valence-electron chi connectivity index (χ3n) is 3.14. The summed E-state index contributed by atoms with van der Waals surface area (Å²) in [6.07, 6.45) is 0.851. The van der Waals surface area contributed by atoms with E-state index in [4.69, 9.17) is 17.4 Å². The van der Waals surface area contributed by atoms with Crippen LogP contribution >= 0.6 is 11.6 Å². The highest BCUT2D eigenvalue weighted by molar-refractivity contribution is 6.30. The van der Waals surface area contributed by atoms with E-state index in [1.807, 2.05) is 36.4 Å². The van der Waals surface area contributed by atoms with Crippen LogP contribution in [0.25, 0.3) is 0 Å². The molecule has 1 atom stereocenters. The zero-order valence-corrected chi connectivity index (χ0v) is 11.1. The van der Waals surface area contributed by atoms with Crippen molar-refractivity contribution in [2.45, 2.75) is 19.4 Å². The van der Waals surface area contributed by atoms with Crippen LogP contribution in [0.4, 0.5) is 0 Å². The second-order valence-electron chi connectivity index (χ2n) is 4.40. The lowest BCUT2D eigenvalue weighted by atomic mass is 9.97. The van der Waals surface area contributed by atoms with Gasteiger partial charge < -0.3 is 0 Å². The number of aryl methyl sites for hydroxylation is 1. The zero-order chi connectivity index (χ0) is 13.0. The molecule has 0 spiro atoms. The van der Waals surface area contributed by atoms with Crippen LogP contribution in [0.15, 0.2) is 48.5 Å². The lowest BCUT2D eigenvalue weighted by Gasteiger charge is -2.18. The van der Waals surface area contributed by atoms with Gasteiger partial charge in [-0.1, -0.05) is 48.0 Å². The van der Waals surface area contributed by atoms with Crippen molar-refractivity contribution >= 4 is 11.6 Å². The quantitative estimate of drug-likeness (QED) is 0.653. The van der Waals surface area contributed by atoms with E-state index in [0.29, 0.717) is 0 Å². The third-order valence-corrected chi connectivity index (χ3v) is 3.37. The molecule has 0 aliphatic rings. The fourth-order valence-corrected chi connectivity index (χ4v) is 2.25. The Kier molecular flexibility index (Phi) is 4.37. The predicted molar refractivity (Wildman–Crippen MR) is 76.4 cm³/mol. The van der Waals surface area contributed by atoms with Crippen molar-refractivity contribution in [3.63, 3.8) is 0 Å². The topological polar surface area (TPSA) is 38.0 Å². The van der Waals surface area contributed by atoms with Gasteiger partial charge in [-0.05, 0) is 42.2 Å². The molecule has 3 heteroatoms. The van der Waals surface area contributed by atoms with Gasteiger partial charge in [-0.3, -0.25) is 11.3 Å². The van der Waals surface area contributed by atoms with Crippen molar-refractivity contribution in [2.24, 2.45) is 5.84 Å². The van der Waals surface area contributed by atoms with Gasteiger partial charge >= 0.3 is 0 Å². The minimum atomic E-state index is 0.0739. The summed E-state index contributed by atoms with van der Waals surface area (Å²) in [5, 5.41) is 0.734. The van der Waals surface area contributed by atoms with Crippen LogP contribution in [-0.4, -0.2) is 0 Å². The summed E-state index contributed by atoms with van der Waals surface area (Å²) in [6, 6.07) is 16.2. The molecule has 94 valence electrons. The molecule has 0 saturated heterocycles. The van der Waals surface area contributed by atoms with E-state index in [2.05, 4.69) is 24.5 Å². The van der Waals surface area contributed by atoms with Crippen molar-refractivity contribution in [1.29, 1.82) is 0 Å². The lowest BCUT2D eigenvalue weighted by Crippen LogP contribution is -2.29. The summed E-state index contributed by atoms with van der Waals surface area (Å²) >= 11 is 6.01. The first-order valence-corrected chi connectivity index (χ1v) is 6.34. The van der Waals surface area contributed by atoms with Crippen LogP contribution in [0.2, 0.25) is 5.02 Å². The maximum absolute atomic E-state index is 6.01. The molecular formula is C15H17ClN2. The van der Waals surface area contributed by atoms with Crippen molar-refractivity contribution in [2.75, 3.05) is 0 Å². The first kappa shape index (κ1) is 13.1. The highest BCUT2D eigenvalue weighted by Crippen LogP contribution is 2.22.